The van der Waals surface area contributed by atoms with Crippen LogP contribution in [-0.4, -0.2) is 23.5 Å². The number of hydrogen-bond acceptors (Lipinski definition) is 3. The largest absolute Gasteiger partial charge is 0.311 e. The van der Waals surface area contributed by atoms with E-state index < -0.39 is 0 Å². The monoisotopic (exact) mass is 465 g/mol. The minimum atomic E-state index is -0.186. The van der Waals surface area contributed by atoms with Crippen LogP contribution in [0.15, 0.2) is 102 Å². The van der Waals surface area contributed by atoms with Crippen molar-refractivity contribution in [3.63, 3.8) is 0 Å². The first-order chi connectivity index (χ1) is 16.7. The summed E-state index contributed by atoms with van der Waals surface area (Å²) in [7, 11) is 0. The molecule has 6 rings (SSSR count). The molecule has 3 aromatic carbocycles. The number of benzene rings is 3. The summed E-state index contributed by atoms with van der Waals surface area (Å²) < 4.78 is 5.59. The number of nitrogens with zero attached hydrogens (tertiary/aromatic N) is 5. The molecule has 0 bridgehead atoms. The molecule has 0 fully saturated rings. The Hall–Kier alpha value is -4.16. The van der Waals surface area contributed by atoms with Gasteiger partial charge in [0.25, 0.3) is 5.56 Å². The highest BCUT2D eigenvalue weighted by molar-refractivity contribution is 6.30. The van der Waals surface area contributed by atoms with E-state index >= 15 is 0 Å². The second kappa shape index (κ2) is 8.32. The molecule has 6 nitrogen and oxygen atoms in total. The van der Waals surface area contributed by atoms with Gasteiger partial charge in [-0.15, -0.1) is 0 Å². The van der Waals surface area contributed by atoms with Crippen LogP contribution in [0.1, 0.15) is 11.1 Å². The van der Waals surface area contributed by atoms with E-state index in [1.54, 1.807) is 10.7 Å². The predicted octanol–water partition coefficient (Wildman–Crippen LogP) is 5.26. The lowest BCUT2D eigenvalue weighted by atomic mass is 10.1. The highest BCUT2D eigenvalue weighted by Crippen LogP contribution is 2.25. The van der Waals surface area contributed by atoms with Crippen LogP contribution >= 0.6 is 11.6 Å². The fraction of sp³-hybridized carbons (Fsp3) is 0.0741. The van der Waals surface area contributed by atoms with Crippen molar-refractivity contribution in [2.45, 2.75) is 13.1 Å². The predicted molar refractivity (Wildman–Crippen MR) is 134 cm³/mol. The molecule has 0 amide bonds. The molecular weight excluding hydrogens is 446 g/mol. The molecule has 0 radical (unpaired) electrons. The summed E-state index contributed by atoms with van der Waals surface area (Å²) in [6.07, 6.45) is 3.53. The van der Waals surface area contributed by atoms with Gasteiger partial charge in [-0.3, -0.25) is 4.79 Å². The topological polar surface area (TPSA) is 57.1 Å². The van der Waals surface area contributed by atoms with Crippen LogP contribution in [-0.2, 0) is 13.1 Å². The van der Waals surface area contributed by atoms with Crippen molar-refractivity contribution in [2.24, 2.45) is 0 Å². The van der Waals surface area contributed by atoms with E-state index in [1.807, 2.05) is 83.6 Å². The number of fused-ring (bicyclic) bond motifs is 2. The molecule has 0 spiro atoms. The van der Waals surface area contributed by atoms with Gasteiger partial charge in [-0.2, -0.15) is 4.98 Å². The molecule has 0 unspecified atom stereocenters. The van der Waals surface area contributed by atoms with Crippen molar-refractivity contribution < 1.29 is 0 Å². The first kappa shape index (κ1) is 20.4. The molecule has 6 aromatic rings. The van der Waals surface area contributed by atoms with Crippen molar-refractivity contribution in [3.8, 4) is 11.3 Å². The van der Waals surface area contributed by atoms with Crippen LogP contribution in [0.5, 0.6) is 0 Å². The molecule has 7 heteroatoms. The van der Waals surface area contributed by atoms with Crippen LogP contribution in [0.25, 0.3) is 28.2 Å². The number of imidazole rings is 2. The Kier molecular flexibility index (Phi) is 5.00. The summed E-state index contributed by atoms with van der Waals surface area (Å²) in [6.45, 7) is 1.16. The lowest BCUT2D eigenvalue weighted by molar-refractivity contribution is 0.798. The quantitative estimate of drug-likeness (QED) is 0.349. The second-order valence-electron chi connectivity index (χ2n) is 8.21. The summed E-state index contributed by atoms with van der Waals surface area (Å²) in [5, 5.41) is 0.662. The normalized spacial score (nSPS) is 11.4. The standard InChI is InChI=1S/C27H20ClN5O/c28-22-13-11-21(12-14-22)23-17-33-26(34)24-25(31(18-29-24)15-19-7-3-1-4-8-19)30-27(33)32(23)16-20-9-5-2-6-10-20/h1-14,17-18H,15-16H2. The summed E-state index contributed by atoms with van der Waals surface area (Å²) >= 11 is 6.13. The molecule has 0 aliphatic heterocycles. The van der Waals surface area contributed by atoms with Gasteiger partial charge in [0, 0.05) is 11.2 Å². The van der Waals surface area contributed by atoms with Gasteiger partial charge < -0.3 is 9.13 Å². The van der Waals surface area contributed by atoms with Crippen molar-refractivity contribution in [2.75, 3.05) is 0 Å². The lowest BCUT2D eigenvalue weighted by Crippen LogP contribution is -2.16. The maximum atomic E-state index is 13.5. The Bertz CT molecular complexity index is 1670. The highest BCUT2D eigenvalue weighted by Gasteiger charge is 2.18. The average Bonchev–Trinajstić information content (AvgIpc) is 3.43. The fourth-order valence-electron chi connectivity index (χ4n) is 4.27. The molecule has 34 heavy (non-hydrogen) atoms. The Labute approximate surface area is 200 Å². The maximum Gasteiger partial charge on any atom is 0.287 e. The van der Waals surface area contributed by atoms with Gasteiger partial charge in [0.2, 0.25) is 5.78 Å². The number of hydrogen-bond donors (Lipinski definition) is 0. The summed E-state index contributed by atoms with van der Waals surface area (Å²) in [4.78, 5) is 22.8. The smallest absolute Gasteiger partial charge is 0.287 e. The molecule has 0 aliphatic rings. The van der Waals surface area contributed by atoms with Crippen LogP contribution in [0.4, 0.5) is 0 Å². The molecule has 0 saturated carbocycles. The van der Waals surface area contributed by atoms with E-state index in [-0.39, 0.29) is 5.56 Å². The fourth-order valence-corrected chi connectivity index (χ4v) is 4.40. The molecule has 0 aliphatic carbocycles. The van der Waals surface area contributed by atoms with E-state index in [9.17, 15) is 4.79 Å². The Morgan fingerprint density at radius 3 is 2.12 bits per heavy atom. The van der Waals surface area contributed by atoms with E-state index in [2.05, 4.69) is 21.7 Å². The van der Waals surface area contributed by atoms with Crippen molar-refractivity contribution in [1.29, 1.82) is 0 Å². The molecular formula is C27H20ClN5O. The van der Waals surface area contributed by atoms with Crippen molar-refractivity contribution >= 4 is 28.5 Å². The summed E-state index contributed by atoms with van der Waals surface area (Å²) in [5.74, 6) is 0.570. The van der Waals surface area contributed by atoms with Gasteiger partial charge in [0.05, 0.1) is 25.1 Å². The van der Waals surface area contributed by atoms with Gasteiger partial charge in [0.15, 0.2) is 11.2 Å². The maximum absolute atomic E-state index is 13.5. The van der Waals surface area contributed by atoms with E-state index in [0.717, 1.165) is 22.4 Å². The number of halogens is 1. The Morgan fingerprint density at radius 2 is 1.44 bits per heavy atom. The third kappa shape index (κ3) is 3.58. The zero-order chi connectivity index (χ0) is 23.1. The molecule has 3 heterocycles. The van der Waals surface area contributed by atoms with Gasteiger partial charge in [-0.05, 0) is 28.8 Å². The molecule has 166 valence electrons. The van der Waals surface area contributed by atoms with E-state index in [4.69, 9.17) is 16.6 Å². The zero-order valence-corrected chi connectivity index (χ0v) is 18.9. The van der Waals surface area contributed by atoms with Gasteiger partial charge in [-0.1, -0.05) is 84.4 Å². The van der Waals surface area contributed by atoms with E-state index in [0.29, 0.717) is 35.1 Å². The first-order valence-corrected chi connectivity index (χ1v) is 11.4. The number of aromatic nitrogens is 5. The minimum Gasteiger partial charge on any atom is -0.311 e. The third-order valence-corrected chi connectivity index (χ3v) is 6.21. The molecule has 3 aromatic heterocycles. The van der Waals surface area contributed by atoms with Crippen LogP contribution in [0.3, 0.4) is 0 Å². The molecule has 0 N–H and O–H groups in total. The van der Waals surface area contributed by atoms with Crippen molar-refractivity contribution in [3.05, 3.63) is 124 Å². The second-order valence-corrected chi connectivity index (χ2v) is 8.65. The lowest BCUT2D eigenvalue weighted by Gasteiger charge is -2.10. The molecule has 0 atom stereocenters. The van der Waals surface area contributed by atoms with Gasteiger partial charge in [0.1, 0.15) is 0 Å². The zero-order valence-electron chi connectivity index (χ0n) is 18.2. The van der Waals surface area contributed by atoms with E-state index in [1.165, 1.54) is 0 Å². The van der Waals surface area contributed by atoms with Crippen LogP contribution in [0, 0.1) is 0 Å². The van der Waals surface area contributed by atoms with Crippen molar-refractivity contribution in [1.82, 2.24) is 23.5 Å². The first-order valence-electron chi connectivity index (χ1n) is 11.0. The van der Waals surface area contributed by atoms with Crippen LogP contribution < -0.4 is 5.56 Å². The summed E-state index contributed by atoms with van der Waals surface area (Å²) in [6, 6.07) is 27.8. The third-order valence-electron chi connectivity index (χ3n) is 5.96. The average molecular weight is 466 g/mol. The van der Waals surface area contributed by atoms with Crippen LogP contribution in [0.2, 0.25) is 5.02 Å². The summed E-state index contributed by atoms with van der Waals surface area (Å²) in [5.41, 5.74) is 4.81. The Balaban J connectivity index is 1.58. The Morgan fingerprint density at radius 1 is 0.794 bits per heavy atom. The minimum absolute atomic E-state index is 0.186. The highest BCUT2D eigenvalue weighted by atomic mass is 35.5. The molecule has 0 saturated heterocycles. The number of rotatable bonds is 5. The van der Waals surface area contributed by atoms with Gasteiger partial charge in [-0.25, -0.2) is 9.38 Å². The SMILES string of the molecule is O=c1c2ncn(Cc3ccccc3)c2nc2n(Cc3ccccc3)c(-c3ccc(Cl)cc3)cn12. The van der Waals surface area contributed by atoms with Gasteiger partial charge >= 0.3 is 0 Å².